The average molecular weight is 418 g/mol. The SMILES string of the molecule is C=C([C@@H](C)O)N1CC=C(c2ccc(N(C)c3cc4c(cn3)ncn4C)c(CC)c2)CC1. The van der Waals surface area contributed by atoms with Crippen molar-refractivity contribution in [2.45, 2.75) is 32.8 Å². The van der Waals surface area contributed by atoms with Crippen LogP contribution in [0.4, 0.5) is 11.5 Å². The number of nitrogens with zero attached hydrogens (tertiary/aromatic N) is 5. The zero-order valence-corrected chi connectivity index (χ0v) is 18.8. The number of rotatable bonds is 6. The summed E-state index contributed by atoms with van der Waals surface area (Å²) < 4.78 is 2.02. The van der Waals surface area contributed by atoms with Crippen LogP contribution in [0.15, 0.2) is 55.1 Å². The van der Waals surface area contributed by atoms with Gasteiger partial charge in [-0.2, -0.15) is 0 Å². The molecule has 0 unspecified atom stereocenters. The largest absolute Gasteiger partial charge is 0.387 e. The Labute approximate surface area is 184 Å². The maximum Gasteiger partial charge on any atom is 0.134 e. The summed E-state index contributed by atoms with van der Waals surface area (Å²) in [7, 11) is 4.07. The fourth-order valence-corrected chi connectivity index (χ4v) is 4.18. The van der Waals surface area contributed by atoms with Crippen LogP contribution in [0.1, 0.15) is 31.4 Å². The van der Waals surface area contributed by atoms with Crippen LogP contribution in [0.25, 0.3) is 16.6 Å². The van der Waals surface area contributed by atoms with Gasteiger partial charge in [0.2, 0.25) is 0 Å². The number of benzene rings is 1. The zero-order valence-electron chi connectivity index (χ0n) is 18.8. The number of hydrogen-bond donors (Lipinski definition) is 1. The van der Waals surface area contributed by atoms with Gasteiger partial charge in [-0.15, -0.1) is 0 Å². The summed E-state index contributed by atoms with van der Waals surface area (Å²) in [5.74, 6) is 0.905. The Morgan fingerprint density at radius 2 is 2.10 bits per heavy atom. The monoisotopic (exact) mass is 417 g/mol. The van der Waals surface area contributed by atoms with Crippen molar-refractivity contribution in [2.75, 3.05) is 25.0 Å². The van der Waals surface area contributed by atoms with Gasteiger partial charge in [-0.25, -0.2) is 9.97 Å². The van der Waals surface area contributed by atoms with Crippen LogP contribution in [-0.2, 0) is 13.5 Å². The van der Waals surface area contributed by atoms with Crippen LogP contribution in [0.2, 0.25) is 0 Å². The van der Waals surface area contributed by atoms with Crippen LogP contribution in [-0.4, -0.2) is 50.8 Å². The molecular weight excluding hydrogens is 386 g/mol. The molecule has 0 radical (unpaired) electrons. The fraction of sp³-hybridized carbons (Fsp3) is 0.360. The molecule has 6 nitrogen and oxygen atoms in total. The minimum absolute atomic E-state index is 0.504. The zero-order chi connectivity index (χ0) is 22.1. The third-order valence-corrected chi connectivity index (χ3v) is 6.23. The van der Waals surface area contributed by atoms with Crippen molar-refractivity contribution < 1.29 is 5.11 Å². The number of aromatic nitrogens is 3. The second-order valence-electron chi connectivity index (χ2n) is 8.24. The minimum atomic E-state index is -0.504. The molecule has 0 saturated carbocycles. The summed E-state index contributed by atoms with van der Waals surface area (Å²) in [5.41, 5.74) is 7.85. The van der Waals surface area contributed by atoms with E-state index >= 15 is 0 Å². The maximum absolute atomic E-state index is 9.79. The lowest BCUT2D eigenvalue weighted by atomic mass is 9.95. The predicted molar refractivity (Wildman–Crippen MR) is 127 cm³/mol. The summed E-state index contributed by atoms with van der Waals surface area (Å²) in [6.07, 6.45) is 7.30. The first kappa shape index (κ1) is 21.1. The Bertz CT molecular complexity index is 1140. The van der Waals surface area contributed by atoms with Gasteiger partial charge in [-0.1, -0.05) is 25.6 Å². The van der Waals surface area contributed by atoms with Gasteiger partial charge in [-0.3, -0.25) is 0 Å². The lowest BCUT2D eigenvalue weighted by Gasteiger charge is -2.31. The van der Waals surface area contributed by atoms with E-state index < -0.39 is 6.10 Å². The lowest BCUT2D eigenvalue weighted by Crippen LogP contribution is -2.31. The van der Waals surface area contributed by atoms with Crippen molar-refractivity contribution in [3.8, 4) is 0 Å². The number of aliphatic hydroxyl groups is 1. The molecule has 0 aliphatic carbocycles. The normalized spacial score (nSPS) is 15.1. The molecule has 1 N–H and O–H groups in total. The molecule has 1 aliphatic heterocycles. The molecule has 0 bridgehead atoms. The van der Waals surface area contributed by atoms with E-state index in [0.717, 1.165) is 48.5 Å². The maximum atomic E-state index is 9.79. The van der Waals surface area contributed by atoms with Gasteiger partial charge < -0.3 is 19.5 Å². The minimum Gasteiger partial charge on any atom is -0.387 e. The predicted octanol–water partition coefficient (Wildman–Crippen LogP) is 4.28. The van der Waals surface area contributed by atoms with E-state index in [4.69, 9.17) is 0 Å². The Balaban J connectivity index is 1.59. The molecule has 0 spiro atoms. The highest BCUT2D eigenvalue weighted by atomic mass is 16.3. The molecule has 0 amide bonds. The Morgan fingerprint density at radius 1 is 1.29 bits per heavy atom. The number of imidazole rings is 1. The molecule has 1 atom stereocenters. The number of hydrogen-bond acceptors (Lipinski definition) is 5. The topological polar surface area (TPSA) is 57.4 Å². The molecule has 2 aromatic heterocycles. The molecule has 0 saturated heterocycles. The van der Waals surface area contributed by atoms with Crippen LogP contribution in [0.5, 0.6) is 0 Å². The van der Waals surface area contributed by atoms with Crippen molar-refractivity contribution in [1.82, 2.24) is 19.4 Å². The summed E-state index contributed by atoms with van der Waals surface area (Å²) in [6, 6.07) is 8.80. The Kier molecular flexibility index (Phi) is 5.83. The number of anilines is 2. The number of pyridine rings is 1. The highest BCUT2D eigenvalue weighted by Crippen LogP contribution is 2.32. The summed E-state index contributed by atoms with van der Waals surface area (Å²) >= 11 is 0. The van der Waals surface area contributed by atoms with Gasteiger partial charge in [-0.05, 0) is 48.6 Å². The van der Waals surface area contributed by atoms with Crippen molar-refractivity contribution in [3.05, 3.63) is 66.3 Å². The molecule has 1 aliphatic rings. The quantitative estimate of drug-likeness (QED) is 0.649. The molecule has 3 aromatic rings. The first-order chi connectivity index (χ1) is 14.9. The summed E-state index contributed by atoms with van der Waals surface area (Å²) in [4.78, 5) is 13.3. The van der Waals surface area contributed by atoms with Crippen LogP contribution in [0, 0.1) is 0 Å². The van der Waals surface area contributed by atoms with Gasteiger partial charge in [0, 0.05) is 44.6 Å². The first-order valence-electron chi connectivity index (χ1n) is 10.8. The number of fused-ring (bicyclic) bond motifs is 1. The molecule has 1 aromatic carbocycles. The van der Waals surface area contributed by atoms with E-state index in [1.165, 1.54) is 22.4 Å². The van der Waals surface area contributed by atoms with Crippen molar-refractivity contribution in [2.24, 2.45) is 7.05 Å². The third-order valence-electron chi connectivity index (χ3n) is 6.23. The highest BCUT2D eigenvalue weighted by molar-refractivity contribution is 5.79. The van der Waals surface area contributed by atoms with Gasteiger partial charge in [0.15, 0.2) is 0 Å². The molecular formula is C25H31N5O. The van der Waals surface area contributed by atoms with E-state index in [9.17, 15) is 5.11 Å². The van der Waals surface area contributed by atoms with E-state index in [0.29, 0.717) is 0 Å². The smallest absolute Gasteiger partial charge is 0.134 e. The fourth-order valence-electron chi connectivity index (χ4n) is 4.18. The second-order valence-corrected chi connectivity index (χ2v) is 8.24. The standard InChI is InChI=1S/C25H31N5O/c1-6-19-13-21(20-9-11-30(12-10-20)17(2)18(3)31)7-8-23(19)29(5)25-14-24-22(15-26-25)27-16-28(24)4/h7-9,13-16,18,31H,2,6,10-12H2,1,3-5H3/t18-/m1/s1. The Hall–Kier alpha value is -3.12. The molecule has 3 heterocycles. The van der Waals surface area contributed by atoms with E-state index in [-0.39, 0.29) is 0 Å². The van der Waals surface area contributed by atoms with Crippen molar-refractivity contribution in [1.29, 1.82) is 0 Å². The Morgan fingerprint density at radius 3 is 2.77 bits per heavy atom. The molecule has 162 valence electrons. The number of aryl methyl sites for hydroxylation is 2. The molecule has 31 heavy (non-hydrogen) atoms. The van der Waals surface area contributed by atoms with Crippen molar-refractivity contribution >= 4 is 28.1 Å². The second kappa shape index (κ2) is 8.55. The van der Waals surface area contributed by atoms with Crippen molar-refractivity contribution in [3.63, 3.8) is 0 Å². The van der Waals surface area contributed by atoms with Crippen LogP contribution in [0.3, 0.4) is 0 Å². The molecule has 6 heteroatoms. The van der Waals surface area contributed by atoms with E-state index in [1.807, 2.05) is 24.1 Å². The van der Waals surface area contributed by atoms with Gasteiger partial charge in [0.1, 0.15) is 11.3 Å². The average Bonchev–Trinajstić information content (AvgIpc) is 3.17. The van der Waals surface area contributed by atoms with Gasteiger partial charge >= 0.3 is 0 Å². The van der Waals surface area contributed by atoms with Crippen LogP contribution < -0.4 is 4.90 Å². The number of aliphatic hydroxyl groups excluding tert-OH is 1. The van der Waals surface area contributed by atoms with Crippen LogP contribution >= 0.6 is 0 Å². The summed E-state index contributed by atoms with van der Waals surface area (Å²) in [5, 5.41) is 9.79. The third kappa shape index (κ3) is 4.08. The van der Waals surface area contributed by atoms with Gasteiger partial charge in [0.05, 0.1) is 24.1 Å². The summed E-state index contributed by atoms with van der Waals surface area (Å²) in [6.45, 7) is 9.65. The first-order valence-corrected chi connectivity index (χ1v) is 10.8. The lowest BCUT2D eigenvalue weighted by molar-refractivity contribution is 0.183. The highest BCUT2D eigenvalue weighted by Gasteiger charge is 2.18. The van der Waals surface area contributed by atoms with E-state index in [1.54, 1.807) is 6.92 Å². The molecule has 4 rings (SSSR count). The van der Waals surface area contributed by atoms with E-state index in [2.05, 4.69) is 70.7 Å². The molecule has 0 fully saturated rings. The van der Waals surface area contributed by atoms with Gasteiger partial charge in [0.25, 0.3) is 0 Å².